The predicted octanol–water partition coefficient (Wildman–Crippen LogP) is 4.32. The van der Waals surface area contributed by atoms with Crippen molar-refractivity contribution in [3.63, 3.8) is 0 Å². The van der Waals surface area contributed by atoms with Gasteiger partial charge in [0.05, 0.1) is 30.3 Å². The van der Waals surface area contributed by atoms with E-state index in [-0.39, 0.29) is 5.91 Å². The first-order valence-corrected chi connectivity index (χ1v) is 9.96. The summed E-state index contributed by atoms with van der Waals surface area (Å²) < 4.78 is 7.56. The highest BCUT2D eigenvalue weighted by Gasteiger charge is 2.21. The molecule has 5 rings (SSSR count). The van der Waals surface area contributed by atoms with Crippen molar-refractivity contribution in [1.29, 1.82) is 0 Å². The SMILES string of the molecule is COc1ccccc1C(=O)Nc1ccc2c(c1)nc1n2CCN(c2ccccc2)C1. The van der Waals surface area contributed by atoms with E-state index in [0.717, 1.165) is 36.5 Å². The number of hydrogen-bond donors (Lipinski definition) is 1. The number of carbonyl (C=O) groups is 1. The number of para-hydroxylation sites is 2. The van der Waals surface area contributed by atoms with Gasteiger partial charge in [-0.15, -0.1) is 0 Å². The van der Waals surface area contributed by atoms with Crippen molar-refractivity contribution in [3.05, 3.63) is 84.2 Å². The molecule has 0 saturated carbocycles. The number of rotatable bonds is 4. The molecule has 1 amide bonds. The van der Waals surface area contributed by atoms with Crippen molar-refractivity contribution in [1.82, 2.24) is 9.55 Å². The molecule has 0 bridgehead atoms. The fourth-order valence-electron chi connectivity index (χ4n) is 3.99. The summed E-state index contributed by atoms with van der Waals surface area (Å²) in [6, 6.07) is 23.5. The van der Waals surface area contributed by atoms with E-state index in [2.05, 4.69) is 39.0 Å². The van der Waals surface area contributed by atoms with Crippen molar-refractivity contribution in [3.8, 4) is 5.75 Å². The van der Waals surface area contributed by atoms with Crippen LogP contribution in [0.4, 0.5) is 11.4 Å². The topological polar surface area (TPSA) is 59.4 Å². The minimum absolute atomic E-state index is 0.203. The molecule has 1 aliphatic rings. The van der Waals surface area contributed by atoms with E-state index in [9.17, 15) is 4.79 Å². The van der Waals surface area contributed by atoms with Gasteiger partial charge in [-0.25, -0.2) is 4.98 Å². The molecule has 0 fully saturated rings. The molecule has 30 heavy (non-hydrogen) atoms. The van der Waals surface area contributed by atoms with Crippen molar-refractivity contribution < 1.29 is 9.53 Å². The zero-order valence-corrected chi connectivity index (χ0v) is 16.7. The van der Waals surface area contributed by atoms with Crippen LogP contribution in [0.3, 0.4) is 0 Å². The molecule has 0 saturated heterocycles. The number of nitrogens with zero attached hydrogens (tertiary/aromatic N) is 3. The Bertz CT molecular complexity index is 1220. The molecule has 0 atom stereocenters. The third kappa shape index (κ3) is 3.26. The van der Waals surface area contributed by atoms with Gasteiger partial charge >= 0.3 is 0 Å². The molecule has 2 heterocycles. The maximum Gasteiger partial charge on any atom is 0.259 e. The standard InChI is InChI=1S/C24H22N4O2/c1-30-22-10-6-5-9-19(22)24(29)25-17-11-12-21-20(15-17)26-23-16-27(13-14-28(21)23)18-7-3-2-4-8-18/h2-12,15H,13-14,16H2,1H3,(H,25,29). The summed E-state index contributed by atoms with van der Waals surface area (Å²) in [6.07, 6.45) is 0. The Balaban J connectivity index is 1.40. The molecule has 0 spiro atoms. The lowest BCUT2D eigenvalue weighted by Gasteiger charge is -2.29. The van der Waals surface area contributed by atoms with E-state index < -0.39 is 0 Å². The number of hydrogen-bond acceptors (Lipinski definition) is 4. The first kappa shape index (κ1) is 18.2. The van der Waals surface area contributed by atoms with Gasteiger partial charge in [0, 0.05) is 24.5 Å². The number of ether oxygens (including phenoxy) is 1. The Morgan fingerprint density at radius 2 is 1.80 bits per heavy atom. The Kier molecular flexibility index (Phi) is 4.59. The number of fused-ring (bicyclic) bond motifs is 3. The number of anilines is 2. The van der Waals surface area contributed by atoms with Gasteiger partial charge in [0.25, 0.3) is 5.91 Å². The lowest BCUT2D eigenvalue weighted by molar-refractivity contribution is 0.102. The Morgan fingerprint density at radius 3 is 2.63 bits per heavy atom. The largest absolute Gasteiger partial charge is 0.496 e. The lowest BCUT2D eigenvalue weighted by atomic mass is 10.2. The van der Waals surface area contributed by atoms with Crippen LogP contribution in [0.15, 0.2) is 72.8 Å². The quantitative estimate of drug-likeness (QED) is 0.556. The molecule has 150 valence electrons. The zero-order valence-electron chi connectivity index (χ0n) is 16.7. The van der Waals surface area contributed by atoms with Gasteiger partial charge in [-0.1, -0.05) is 30.3 Å². The van der Waals surface area contributed by atoms with E-state index >= 15 is 0 Å². The lowest BCUT2D eigenvalue weighted by Crippen LogP contribution is -2.33. The van der Waals surface area contributed by atoms with E-state index in [1.165, 1.54) is 5.69 Å². The summed E-state index contributed by atoms with van der Waals surface area (Å²) in [4.78, 5) is 19.9. The second-order valence-corrected chi connectivity index (χ2v) is 7.29. The summed E-state index contributed by atoms with van der Waals surface area (Å²) in [5, 5.41) is 2.96. The highest BCUT2D eigenvalue weighted by Crippen LogP contribution is 2.27. The van der Waals surface area contributed by atoms with Gasteiger partial charge in [-0.2, -0.15) is 0 Å². The summed E-state index contributed by atoms with van der Waals surface area (Å²) >= 11 is 0. The van der Waals surface area contributed by atoms with Crippen LogP contribution in [0.2, 0.25) is 0 Å². The van der Waals surface area contributed by atoms with Gasteiger partial charge < -0.3 is 19.5 Å². The second-order valence-electron chi connectivity index (χ2n) is 7.29. The summed E-state index contributed by atoms with van der Waals surface area (Å²) in [7, 11) is 1.56. The Hall–Kier alpha value is -3.80. The summed E-state index contributed by atoms with van der Waals surface area (Å²) in [6.45, 7) is 2.59. The molecule has 1 aromatic heterocycles. The number of nitrogens with one attached hydrogen (secondary N) is 1. The van der Waals surface area contributed by atoms with E-state index in [4.69, 9.17) is 9.72 Å². The molecule has 0 aliphatic carbocycles. The maximum absolute atomic E-state index is 12.7. The smallest absolute Gasteiger partial charge is 0.259 e. The van der Waals surface area contributed by atoms with Crippen LogP contribution in [0, 0.1) is 0 Å². The minimum Gasteiger partial charge on any atom is -0.496 e. The zero-order chi connectivity index (χ0) is 20.5. The van der Waals surface area contributed by atoms with Gasteiger partial charge in [0.15, 0.2) is 0 Å². The van der Waals surface area contributed by atoms with E-state index in [1.807, 2.05) is 36.4 Å². The van der Waals surface area contributed by atoms with Crippen molar-refractivity contribution >= 4 is 28.3 Å². The molecule has 6 nitrogen and oxygen atoms in total. The van der Waals surface area contributed by atoms with Gasteiger partial charge in [-0.3, -0.25) is 4.79 Å². The van der Waals surface area contributed by atoms with E-state index in [0.29, 0.717) is 17.0 Å². The number of aromatic nitrogens is 2. The molecular weight excluding hydrogens is 376 g/mol. The molecule has 1 N–H and O–H groups in total. The van der Waals surface area contributed by atoms with Crippen LogP contribution in [0.1, 0.15) is 16.2 Å². The average molecular weight is 398 g/mol. The van der Waals surface area contributed by atoms with Crippen molar-refractivity contribution in [2.24, 2.45) is 0 Å². The number of methoxy groups -OCH3 is 1. The van der Waals surface area contributed by atoms with Gasteiger partial charge in [-0.05, 0) is 42.5 Å². The molecule has 1 aliphatic heterocycles. The van der Waals surface area contributed by atoms with Crippen LogP contribution in [-0.4, -0.2) is 29.1 Å². The second kappa shape index (κ2) is 7.55. The first-order valence-electron chi connectivity index (χ1n) is 9.96. The molecule has 0 unspecified atom stereocenters. The number of imidazole rings is 1. The Labute approximate surface area is 174 Å². The Morgan fingerprint density at radius 1 is 1.00 bits per heavy atom. The summed E-state index contributed by atoms with van der Waals surface area (Å²) in [5.41, 5.74) is 4.41. The highest BCUT2D eigenvalue weighted by molar-refractivity contribution is 6.06. The monoisotopic (exact) mass is 398 g/mol. The molecule has 3 aromatic carbocycles. The summed E-state index contributed by atoms with van der Waals surface area (Å²) in [5.74, 6) is 1.38. The predicted molar refractivity (Wildman–Crippen MR) is 118 cm³/mol. The molecule has 6 heteroatoms. The minimum atomic E-state index is -0.203. The third-order valence-electron chi connectivity index (χ3n) is 5.48. The number of benzene rings is 3. The highest BCUT2D eigenvalue weighted by atomic mass is 16.5. The molecule has 4 aromatic rings. The number of carbonyl (C=O) groups excluding carboxylic acids is 1. The van der Waals surface area contributed by atoms with Crippen LogP contribution in [-0.2, 0) is 13.1 Å². The van der Waals surface area contributed by atoms with Crippen LogP contribution in [0.25, 0.3) is 11.0 Å². The normalized spacial score (nSPS) is 13.2. The fourth-order valence-corrected chi connectivity index (χ4v) is 3.99. The molecule has 0 radical (unpaired) electrons. The average Bonchev–Trinajstić information content (AvgIpc) is 3.16. The van der Waals surface area contributed by atoms with Gasteiger partial charge in [0.2, 0.25) is 0 Å². The van der Waals surface area contributed by atoms with Crippen LogP contribution >= 0.6 is 0 Å². The third-order valence-corrected chi connectivity index (χ3v) is 5.48. The van der Waals surface area contributed by atoms with Crippen molar-refractivity contribution in [2.75, 3.05) is 23.9 Å². The van der Waals surface area contributed by atoms with Crippen molar-refractivity contribution in [2.45, 2.75) is 13.1 Å². The van der Waals surface area contributed by atoms with Crippen LogP contribution < -0.4 is 15.0 Å². The first-order chi connectivity index (χ1) is 14.7. The molecular formula is C24H22N4O2. The van der Waals surface area contributed by atoms with E-state index in [1.54, 1.807) is 19.2 Å². The van der Waals surface area contributed by atoms with Gasteiger partial charge in [0.1, 0.15) is 11.6 Å². The maximum atomic E-state index is 12.7. The van der Waals surface area contributed by atoms with Crippen LogP contribution in [0.5, 0.6) is 5.75 Å². The number of amides is 1. The fraction of sp³-hybridized carbons (Fsp3) is 0.167.